The molecule has 4 heteroatoms. The Hall–Kier alpha value is -2.95. The van der Waals surface area contributed by atoms with E-state index >= 15 is 0 Å². The molecule has 3 aromatic carbocycles. The number of hydrogen-bond acceptors (Lipinski definition) is 3. The fourth-order valence-corrected chi connectivity index (χ4v) is 3.26. The van der Waals surface area contributed by atoms with Crippen LogP contribution in [-0.4, -0.2) is 18.5 Å². The monoisotopic (exact) mass is 387 g/mol. The van der Waals surface area contributed by atoms with E-state index < -0.39 is 6.04 Å². The van der Waals surface area contributed by atoms with Crippen molar-refractivity contribution in [3.63, 3.8) is 0 Å². The molecule has 150 valence electrons. The van der Waals surface area contributed by atoms with E-state index in [0.717, 1.165) is 24.0 Å². The summed E-state index contributed by atoms with van der Waals surface area (Å²) >= 11 is 0. The standard InChI is InChI=1S/C25H29N3O/c26-17-5-4-8-24(27)25(29)28-18-19-9-11-21(12-10-19)23-15-13-22(14-16-23)20-6-2-1-3-7-20/h1-3,6-7,9-16,24H,4-5,8,17-18,26-27H2,(H,28,29)/t24-/m0/s1. The van der Waals surface area contributed by atoms with E-state index in [1.807, 2.05) is 30.3 Å². The smallest absolute Gasteiger partial charge is 0.237 e. The molecule has 0 aliphatic carbocycles. The molecule has 0 aliphatic heterocycles. The van der Waals surface area contributed by atoms with Crippen LogP contribution >= 0.6 is 0 Å². The summed E-state index contributed by atoms with van der Waals surface area (Å²) in [7, 11) is 0. The average molecular weight is 388 g/mol. The van der Waals surface area contributed by atoms with Crippen LogP contribution in [0.25, 0.3) is 22.3 Å². The molecule has 0 heterocycles. The lowest BCUT2D eigenvalue weighted by Gasteiger charge is -2.12. The molecule has 0 unspecified atom stereocenters. The SMILES string of the molecule is NCCCC[C@H](N)C(=O)NCc1ccc(-c2ccc(-c3ccccc3)cc2)cc1. The number of carbonyl (C=O) groups excluding carboxylic acids is 1. The summed E-state index contributed by atoms with van der Waals surface area (Å²) in [5.41, 5.74) is 17.2. The zero-order chi connectivity index (χ0) is 20.5. The number of nitrogens with one attached hydrogen (secondary N) is 1. The third kappa shape index (κ3) is 6.01. The molecular formula is C25H29N3O. The summed E-state index contributed by atoms with van der Waals surface area (Å²) in [5.74, 6) is -0.109. The van der Waals surface area contributed by atoms with E-state index in [0.29, 0.717) is 19.5 Å². The third-order valence-corrected chi connectivity index (χ3v) is 5.05. The molecule has 1 amide bonds. The molecule has 3 aromatic rings. The van der Waals surface area contributed by atoms with Crippen molar-refractivity contribution in [3.8, 4) is 22.3 Å². The number of unbranched alkanes of at least 4 members (excludes halogenated alkanes) is 1. The Morgan fingerprint density at radius 3 is 1.83 bits per heavy atom. The van der Waals surface area contributed by atoms with Crippen LogP contribution in [0.1, 0.15) is 24.8 Å². The van der Waals surface area contributed by atoms with Gasteiger partial charge in [-0.15, -0.1) is 0 Å². The molecule has 0 bridgehead atoms. The third-order valence-electron chi connectivity index (χ3n) is 5.05. The van der Waals surface area contributed by atoms with Crippen LogP contribution < -0.4 is 16.8 Å². The van der Waals surface area contributed by atoms with Gasteiger partial charge in [-0.05, 0) is 47.2 Å². The second-order valence-electron chi connectivity index (χ2n) is 7.25. The van der Waals surface area contributed by atoms with Gasteiger partial charge in [0.1, 0.15) is 0 Å². The van der Waals surface area contributed by atoms with E-state index in [-0.39, 0.29) is 5.91 Å². The normalized spacial score (nSPS) is 11.8. The molecule has 3 rings (SSSR count). The highest BCUT2D eigenvalue weighted by molar-refractivity contribution is 5.81. The minimum Gasteiger partial charge on any atom is -0.351 e. The second kappa shape index (κ2) is 10.6. The molecule has 0 fully saturated rings. The zero-order valence-electron chi connectivity index (χ0n) is 16.7. The van der Waals surface area contributed by atoms with Gasteiger partial charge in [-0.3, -0.25) is 4.79 Å². The minimum absolute atomic E-state index is 0.109. The van der Waals surface area contributed by atoms with Gasteiger partial charge in [0.2, 0.25) is 5.91 Å². The predicted molar refractivity (Wildman–Crippen MR) is 120 cm³/mol. The van der Waals surface area contributed by atoms with Gasteiger partial charge in [0, 0.05) is 6.54 Å². The van der Waals surface area contributed by atoms with Gasteiger partial charge in [-0.25, -0.2) is 0 Å². The Morgan fingerprint density at radius 2 is 1.28 bits per heavy atom. The van der Waals surface area contributed by atoms with Gasteiger partial charge >= 0.3 is 0 Å². The number of amides is 1. The van der Waals surface area contributed by atoms with Gasteiger partial charge in [-0.2, -0.15) is 0 Å². The fourth-order valence-electron chi connectivity index (χ4n) is 3.26. The summed E-state index contributed by atoms with van der Waals surface area (Å²) in [6.45, 7) is 1.12. The van der Waals surface area contributed by atoms with Gasteiger partial charge in [-0.1, -0.05) is 85.3 Å². The molecular weight excluding hydrogens is 358 g/mol. The van der Waals surface area contributed by atoms with Crippen LogP contribution in [0, 0.1) is 0 Å². The van der Waals surface area contributed by atoms with Crippen molar-refractivity contribution in [3.05, 3.63) is 84.4 Å². The van der Waals surface area contributed by atoms with E-state index in [1.165, 1.54) is 16.7 Å². The fraction of sp³-hybridized carbons (Fsp3) is 0.240. The lowest BCUT2D eigenvalue weighted by atomic mass is 9.99. The first-order valence-electron chi connectivity index (χ1n) is 10.2. The van der Waals surface area contributed by atoms with Crippen molar-refractivity contribution in [2.24, 2.45) is 11.5 Å². The van der Waals surface area contributed by atoms with Crippen LogP contribution in [0.3, 0.4) is 0 Å². The van der Waals surface area contributed by atoms with E-state index in [1.54, 1.807) is 0 Å². The summed E-state index contributed by atoms with van der Waals surface area (Å²) < 4.78 is 0. The number of benzene rings is 3. The van der Waals surface area contributed by atoms with Gasteiger partial charge in [0.25, 0.3) is 0 Å². The molecule has 0 radical (unpaired) electrons. The first-order valence-corrected chi connectivity index (χ1v) is 10.2. The van der Waals surface area contributed by atoms with Crippen molar-refractivity contribution >= 4 is 5.91 Å². The molecule has 5 N–H and O–H groups in total. The number of nitrogens with two attached hydrogens (primary N) is 2. The molecule has 29 heavy (non-hydrogen) atoms. The largest absolute Gasteiger partial charge is 0.351 e. The maximum absolute atomic E-state index is 12.1. The van der Waals surface area contributed by atoms with Gasteiger partial charge in [0.15, 0.2) is 0 Å². The highest BCUT2D eigenvalue weighted by Gasteiger charge is 2.12. The molecule has 0 saturated heterocycles. The number of rotatable bonds is 9. The van der Waals surface area contributed by atoms with Crippen LogP contribution in [0.15, 0.2) is 78.9 Å². The van der Waals surface area contributed by atoms with Crippen LogP contribution in [0.4, 0.5) is 0 Å². The minimum atomic E-state index is -0.469. The van der Waals surface area contributed by atoms with Crippen LogP contribution in [0.5, 0.6) is 0 Å². The van der Waals surface area contributed by atoms with E-state index in [4.69, 9.17) is 11.5 Å². The van der Waals surface area contributed by atoms with Gasteiger partial charge < -0.3 is 16.8 Å². The van der Waals surface area contributed by atoms with Crippen molar-refractivity contribution in [2.45, 2.75) is 31.8 Å². The molecule has 0 saturated carbocycles. The lowest BCUT2D eigenvalue weighted by Crippen LogP contribution is -2.40. The molecule has 0 aromatic heterocycles. The topological polar surface area (TPSA) is 81.1 Å². The molecule has 1 atom stereocenters. The Bertz CT molecular complexity index is 890. The van der Waals surface area contributed by atoms with Crippen molar-refractivity contribution in [2.75, 3.05) is 6.54 Å². The van der Waals surface area contributed by atoms with Crippen molar-refractivity contribution in [1.82, 2.24) is 5.32 Å². The van der Waals surface area contributed by atoms with Crippen molar-refractivity contribution in [1.29, 1.82) is 0 Å². The van der Waals surface area contributed by atoms with Crippen LogP contribution in [-0.2, 0) is 11.3 Å². The summed E-state index contributed by atoms with van der Waals surface area (Å²) in [5, 5.41) is 2.92. The Labute approximate surface area is 172 Å². The number of carbonyl (C=O) groups is 1. The number of hydrogen-bond donors (Lipinski definition) is 3. The Kier molecular flexibility index (Phi) is 7.56. The first kappa shape index (κ1) is 20.8. The molecule has 4 nitrogen and oxygen atoms in total. The Balaban J connectivity index is 1.55. The maximum Gasteiger partial charge on any atom is 0.237 e. The van der Waals surface area contributed by atoms with Gasteiger partial charge in [0.05, 0.1) is 6.04 Å². The van der Waals surface area contributed by atoms with Crippen LogP contribution in [0.2, 0.25) is 0 Å². The Morgan fingerprint density at radius 1 is 0.759 bits per heavy atom. The molecule has 0 aliphatic rings. The summed E-state index contributed by atoms with van der Waals surface area (Å²) in [4.78, 5) is 12.1. The van der Waals surface area contributed by atoms with Crippen molar-refractivity contribution < 1.29 is 4.79 Å². The second-order valence-corrected chi connectivity index (χ2v) is 7.25. The lowest BCUT2D eigenvalue weighted by molar-refractivity contribution is -0.122. The van der Waals surface area contributed by atoms with E-state index in [9.17, 15) is 4.79 Å². The maximum atomic E-state index is 12.1. The summed E-state index contributed by atoms with van der Waals surface area (Å²) in [6.07, 6.45) is 2.44. The highest BCUT2D eigenvalue weighted by Crippen LogP contribution is 2.25. The zero-order valence-corrected chi connectivity index (χ0v) is 16.7. The quantitative estimate of drug-likeness (QED) is 0.484. The first-order chi connectivity index (χ1) is 14.2. The van der Waals surface area contributed by atoms with E-state index in [2.05, 4.69) is 53.8 Å². The summed E-state index contributed by atoms with van der Waals surface area (Å²) in [6, 6.07) is 26.7. The molecule has 0 spiro atoms. The average Bonchev–Trinajstić information content (AvgIpc) is 2.78. The predicted octanol–water partition coefficient (Wildman–Crippen LogP) is 4.09. The highest BCUT2D eigenvalue weighted by atomic mass is 16.2.